The number of amides is 1. The van der Waals surface area contributed by atoms with Gasteiger partial charge in [-0.2, -0.15) is 0 Å². The Bertz CT molecular complexity index is 620. The van der Waals surface area contributed by atoms with Gasteiger partial charge in [-0.15, -0.1) is 0 Å². The second-order valence-corrected chi connectivity index (χ2v) is 5.24. The van der Waals surface area contributed by atoms with Gasteiger partial charge >= 0.3 is 6.09 Å². The summed E-state index contributed by atoms with van der Waals surface area (Å²) in [4.78, 5) is 15.9. The predicted octanol–water partition coefficient (Wildman–Crippen LogP) is 4.55. The van der Waals surface area contributed by atoms with Crippen molar-refractivity contribution in [2.45, 2.75) is 13.5 Å². The number of carbonyl (C=O) groups excluding carboxylic acids is 1. The summed E-state index contributed by atoms with van der Waals surface area (Å²) in [5, 5.41) is 3.04. The van der Waals surface area contributed by atoms with Crippen LogP contribution in [0, 0.1) is 6.92 Å². The summed E-state index contributed by atoms with van der Waals surface area (Å²) in [5.41, 5.74) is 2.10. The normalized spacial score (nSPS) is 10.2. The van der Waals surface area contributed by atoms with Crippen LogP contribution in [0.4, 0.5) is 10.5 Å². The summed E-state index contributed by atoms with van der Waals surface area (Å²) >= 11 is 9.16. The van der Waals surface area contributed by atoms with Crippen LogP contribution in [0.5, 0.6) is 0 Å². The number of carbonyl (C=O) groups is 1. The van der Waals surface area contributed by atoms with Crippen LogP contribution in [0.1, 0.15) is 11.3 Å². The molecular formula is C14H12BrClN2O2. The number of nitrogens with one attached hydrogen (secondary N) is 1. The van der Waals surface area contributed by atoms with Crippen molar-refractivity contribution >= 4 is 39.3 Å². The quantitative estimate of drug-likeness (QED) is 0.821. The van der Waals surface area contributed by atoms with E-state index >= 15 is 0 Å². The monoisotopic (exact) mass is 354 g/mol. The van der Waals surface area contributed by atoms with Crippen molar-refractivity contribution in [1.82, 2.24) is 4.98 Å². The van der Waals surface area contributed by atoms with Gasteiger partial charge in [0.05, 0.1) is 16.4 Å². The Morgan fingerprint density at radius 3 is 2.80 bits per heavy atom. The molecule has 0 spiro atoms. The average Bonchev–Trinajstić information content (AvgIpc) is 2.44. The van der Waals surface area contributed by atoms with Gasteiger partial charge in [-0.1, -0.05) is 41.9 Å². The maximum Gasteiger partial charge on any atom is 0.412 e. The highest BCUT2D eigenvalue weighted by Crippen LogP contribution is 2.25. The van der Waals surface area contributed by atoms with Crippen molar-refractivity contribution in [3.05, 3.63) is 57.3 Å². The minimum Gasteiger partial charge on any atom is -0.444 e. The summed E-state index contributed by atoms with van der Waals surface area (Å²) in [6, 6.07) is 11.1. The van der Waals surface area contributed by atoms with Crippen molar-refractivity contribution in [3.63, 3.8) is 0 Å². The van der Waals surface area contributed by atoms with Crippen molar-refractivity contribution in [3.8, 4) is 0 Å². The summed E-state index contributed by atoms with van der Waals surface area (Å²) in [6.07, 6.45) is -0.544. The zero-order chi connectivity index (χ0) is 14.5. The zero-order valence-corrected chi connectivity index (χ0v) is 13.0. The van der Waals surface area contributed by atoms with Crippen molar-refractivity contribution in [2.75, 3.05) is 5.32 Å². The number of rotatable bonds is 3. The Kier molecular flexibility index (Phi) is 4.98. The van der Waals surface area contributed by atoms with E-state index in [1.165, 1.54) is 0 Å². The molecule has 4 nitrogen and oxygen atoms in total. The Labute approximate surface area is 130 Å². The number of aromatic nitrogens is 1. The highest BCUT2D eigenvalue weighted by atomic mass is 79.9. The first-order valence-electron chi connectivity index (χ1n) is 5.86. The van der Waals surface area contributed by atoms with E-state index in [1.54, 1.807) is 13.0 Å². The number of halogens is 2. The third kappa shape index (κ3) is 3.95. The maximum absolute atomic E-state index is 11.7. The van der Waals surface area contributed by atoms with Gasteiger partial charge in [0.2, 0.25) is 0 Å². The van der Waals surface area contributed by atoms with Crippen molar-refractivity contribution in [2.24, 2.45) is 0 Å². The highest BCUT2D eigenvalue weighted by molar-refractivity contribution is 9.10. The molecule has 0 fully saturated rings. The molecule has 0 saturated carbocycles. The third-order valence-corrected chi connectivity index (χ3v) is 3.69. The predicted molar refractivity (Wildman–Crippen MR) is 81.9 cm³/mol. The smallest absolute Gasteiger partial charge is 0.412 e. The van der Waals surface area contributed by atoms with Crippen LogP contribution in [0.3, 0.4) is 0 Å². The summed E-state index contributed by atoms with van der Waals surface area (Å²) in [7, 11) is 0. The van der Waals surface area contributed by atoms with E-state index in [-0.39, 0.29) is 6.61 Å². The van der Waals surface area contributed by atoms with Crippen LogP contribution in [0.2, 0.25) is 5.02 Å². The SMILES string of the molecule is Cc1nc(Br)c(Cl)cc1NC(=O)OCc1ccccc1. The molecule has 0 radical (unpaired) electrons. The van der Waals surface area contributed by atoms with Gasteiger partial charge in [0.25, 0.3) is 0 Å². The van der Waals surface area contributed by atoms with Gasteiger partial charge in [0, 0.05) is 0 Å². The molecular weight excluding hydrogens is 344 g/mol. The fraction of sp³-hybridized carbons (Fsp3) is 0.143. The lowest BCUT2D eigenvalue weighted by Crippen LogP contribution is -2.14. The first-order chi connectivity index (χ1) is 9.56. The molecule has 0 unspecified atom stereocenters. The number of aryl methyl sites for hydroxylation is 1. The molecule has 1 heterocycles. The summed E-state index contributed by atoms with van der Waals surface area (Å²) in [6.45, 7) is 1.98. The number of pyridine rings is 1. The Morgan fingerprint density at radius 2 is 2.10 bits per heavy atom. The molecule has 0 aliphatic rings. The third-order valence-electron chi connectivity index (χ3n) is 2.57. The van der Waals surface area contributed by atoms with Crippen molar-refractivity contribution in [1.29, 1.82) is 0 Å². The summed E-state index contributed by atoms with van der Waals surface area (Å²) < 4.78 is 5.67. The molecule has 1 aromatic carbocycles. The molecule has 1 amide bonds. The molecule has 0 bridgehead atoms. The molecule has 2 rings (SSSR count). The molecule has 0 aliphatic carbocycles. The lowest BCUT2D eigenvalue weighted by atomic mass is 10.2. The van der Waals surface area contributed by atoms with E-state index in [0.29, 0.717) is 21.0 Å². The van der Waals surface area contributed by atoms with Crippen LogP contribution >= 0.6 is 27.5 Å². The number of hydrogen-bond donors (Lipinski definition) is 1. The molecule has 20 heavy (non-hydrogen) atoms. The van der Waals surface area contributed by atoms with E-state index in [0.717, 1.165) is 5.56 Å². The molecule has 2 aromatic rings. The van der Waals surface area contributed by atoms with E-state index in [1.807, 2.05) is 30.3 Å². The Balaban J connectivity index is 1.97. The molecule has 0 atom stereocenters. The van der Waals surface area contributed by atoms with Gasteiger partial charge < -0.3 is 4.74 Å². The Hall–Kier alpha value is -1.59. The fourth-order valence-electron chi connectivity index (χ4n) is 1.55. The number of hydrogen-bond acceptors (Lipinski definition) is 3. The maximum atomic E-state index is 11.7. The van der Waals surface area contributed by atoms with Crippen LogP contribution < -0.4 is 5.32 Å². The second-order valence-electron chi connectivity index (χ2n) is 4.08. The van der Waals surface area contributed by atoms with E-state index in [2.05, 4.69) is 26.2 Å². The first kappa shape index (κ1) is 14.8. The molecule has 1 N–H and O–H groups in total. The number of ether oxygens (including phenoxy) is 1. The molecule has 0 aliphatic heterocycles. The first-order valence-corrected chi connectivity index (χ1v) is 7.03. The van der Waals surface area contributed by atoms with Crippen LogP contribution in [0.15, 0.2) is 41.0 Å². The lowest BCUT2D eigenvalue weighted by Gasteiger charge is -2.10. The standard InChI is InChI=1S/C14H12BrClN2O2/c1-9-12(7-11(16)13(15)17-9)18-14(19)20-8-10-5-3-2-4-6-10/h2-7H,8H2,1H3,(H,18,19). The van der Waals surface area contributed by atoms with E-state index in [9.17, 15) is 4.79 Å². The second kappa shape index (κ2) is 6.72. The lowest BCUT2D eigenvalue weighted by molar-refractivity contribution is 0.155. The van der Waals surface area contributed by atoms with E-state index in [4.69, 9.17) is 16.3 Å². The molecule has 1 aromatic heterocycles. The van der Waals surface area contributed by atoms with Gasteiger partial charge in [-0.05, 0) is 34.5 Å². The number of benzene rings is 1. The van der Waals surface area contributed by atoms with E-state index < -0.39 is 6.09 Å². The zero-order valence-electron chi connectivity index (χ0n) is 10.7. The largest absolute Gasteiger partial charge is 0.444 e. The van der Waals surface area contributed by atoms with Crippen LogP contribution in [-0.4, -0.2) is 11.1 Å². The molecule has 104 valence electrons. The molecule has 0 saturated heterocycles. The molecule has 6 heteroatoms. The minimum atomic E-state index is -0.544. The van der Waals surface area contributed by atoms with Gasteiger partial charge in [0.15, 0.2) is 0 Å². The van der Waals surface area contributed by atoms with Crippen LogP contribution in [0.25, 0.3) is 0 Å². The summed E-state index contributed by atoms with van der Waals surface area (Å²) in [5.74, 6) is 0. The van der Waals surface area contributed by atoms with Crippen molar-refractivity contribution < 1.29 is 9.53 Å². The van der Waals surface area contributed by atoms with Gasteiger partial charge in [0.1, 0.15) is 11.2 Å². The minimum absolute atomic E-state index is 0.212. The van der Waals surface area contributed by atoms with Gasteiger partial charge in [-0.3, -0.25) is 5.32 Å². The topological polar surface area (TPSA) is 51.2 Å². The number of nitrogens with zero attached hydrogens (tertiary/aromatic N) is 1. The Morgan fingerprint density at radius 1 is 1.40 bits per heavy atom. The highest BCUT2D eigenvalue weighted by Gasteiger charge is 2.10. The fourth-order valence-corrected chi connectivity index (χ4v) is 2.08. The van der Waals surface area contributed by atoms with Gasteiger partial charge in [-0.25, -0.2) is 9.78 Å². The number of anilines is 1. The average molecular weight is 356 g/mol. The van der Waals surface area contributed by atoms with Crippen LogP contribution in [-0.2, 0) is 11.3 Å².